The minimum absolute atomic E-state index is 0.317. The molecule has 1 saturated carbocycles. The van der Waals surface area contributed by atoms with Crippen LogP contribution in [0.15, 0.2) is 12.7 Å². The molecule has 92 valence electrons. The normalized spacial score (nSPS) is 25.2. The van der Waals surface area contributed by atoms with Crippen LogP contribution in [-0.2, 0) is 4.74 Å². The zero-order chi connectivity index (χ0) is 12.2. The highest BCUT2D eigenvalue weighted by atomic mass is 16.6. The molecular weight excluding hydrogens is 202 g/mol. The van der Waals surface area contributed by atoms with E-state index in [-0.39, 0.29) is 6.09 Å². The van der Waals surface area contributed by atoms with Crippen molar-refractivity contribution in [1.29, 1.82) is 0 Å². The van der Waals surface area contributed by atoms with Crippen molar-refractivity contribution in [2.45, 2.75) is 45.6 Å². The number of alkyl carbamates (subject to hydrolysis) is 1. The average molecular weight is 225 g/mol. The highest BCUT2D eigenvalue weighted by Crippen LogP contribution is 2.31. The molecule has 1 N–H and O–H groups in total. The molecule has 2 atom stereocenters. The van der Waals surface area contributed by atoms with Crippen molar-refractivity contribution >= 4 is 6.09 Å². The Kier molecular flexibility index (Phi) is 4.39. The molecule has 1 aliphatic carbocycles. The van der Waals surface area contributed by atoms with Crippen LogP contribution in [0.5, 0.6) is 0 Å². The molecule has 1 rings (SSSR count). The van der Waals surface area contributed by atoms with E-state index in [0.717, 1.165) is 0 Å². The van der Waals surface area contributed by atoms with Gasteiger partial charge < -0.3 is 10.1 Å². The number of carbonyl (C=O) groups excluding carboxylic acids is 1. The lowest BCUT2D eigenvalue weighted by Gasteiger charge is -2.21. The van der Waals surface area contributed by atoms with Gasteiger partial charge in [0.2, 0.25) is 0 Å². The molecule has 0 aliphatic heterocycles. The summed E-state index contributed by atoms with van der Waals surface area (Å²) in [4.78, 5) is 11.5. The van der Waals surface area contributed by atoms with Crippen molar-refractivity contribution < 1.29 is 9.53 Å². The van der Waals surface area contributed by atoms with Gasteiger partial charge in [0.25, 0.3) is 0 Å². The average Bonchev–Trinajstić information content (AvgIpc) is 2.59. The van der Waals surface area contributed by atoms with E-state index in [1.165, 1.54) is 19.3 Å². The van der Waals surface area contributed by atoms with Gasteiger partial charge >= 0.3 is 6.09 Å². The number of nitrogens with one attached hydrogen (secondary N) is 1. The largest absolute Gasteiger partial charge is 0.444 e. The molecule has 16 heavy (non-hydrogen) atoms. The minimum atomic E-state index is -0.419. The first-order chi connectivity index (χ1) is 7.42. The summed E-state index contributed by atoms with van der Waals surface area (Å²) < 4.78 is 5.19. The van der Waals surface area contributed by atoms with Gasteiger partial charge in [-0.2, -0.15) is 0 Å². The Morgan fingerprint density at radius 1 is 1.50 bits per heavy atom. The Morgan fingerprint density at radius 3 is 2.75 bits per heavy atom. The second kappa shape index (κ2) is 5.37. The molecule has 0 heterocycles. The maximum Gasteiger partial charge on any atom is 0.407 e. The van der Waals surface area contributed by atoms with Crippen LogP contribution in [0, 0.1) is 11.8 Å². The van der Waals surface area contributed by atoms with Gasteiger partial charge in [0.15, 0.2) is 0 Å². The zero-order valence-corrected chi connectivity index (χ0v) is 10.6. The van der Waals surface area contributed by atoms with Crippen molar-refractivity contribution in [2.24, 2.45) is 11.8 Å². The summed E-state index contributed by atoms with van der Waals surface area (Å²) in [6, 6.07) is 0. The van der Waals surface area contributed by atoms with Gasteiger partial charge in [-0.05, 0) is 45.4 Å². The lowest BCUT2D eigenvalue weighted by molar-refractivity contribution is 0.0517. The van der Waals surface area contributed by atoms with Crippen LogP contribution in [0.1, 0.15) is 40.0 Å². The zero-order valence-electron chi connectivity index (χ0n) is 10.6. The summed E-state index contributed by atoms with van der Waals surface area (Å²) in [5.41, 5.74) is -0.419. The van der Waals surface area contributed by atoms with Crippen molar-refractivity contribution in [3.05, 3.63) is 12.7 Å². The SMILES string of the molecule is C=C[C@@H]1CCC[C@@H]1CNC(=O)OC(C)(C)C. The summed E-state index contributed by atoms with van der Waals surface area (Å²) >= 11 is 0. The molecule has 0 spiro atoms. The van der Waals surface area contributed by atoms with Gasteiger partial charge in [0.05, 0.1) is 0 Å². The molecule has 0 aromatic carbocycles. The van der Waals surface area contributed by atoms with E-state index in [9.17, 15) is 4.79 Å². The predicted octanol–water partition coefficient (Wildman–Crippen LogP) is 3.11. The van der Waals surface area contributed by atoms with E-state index in [1.54, 1.807) is 0 Å². The summed E-state index contributed by atoms with van der Waals surface area (Å²) in [5, 5.41) is 2.84. The molecule has 3 heteroatoms. The van der Waals surface area contributed by atoms with Crippen LogP contribution >= 0.6 is 0 Å². The molecule has 0 aromatic heterocycles. The summed E-state index contributed by atoms with van der Waals surface area (Å²) in [5.74, 6) is 1.08. The monoisotopic (exact) mass is 225 g/mol. The Labute approximate surface area is 98.2 Å². The van der Waals surface area contributed by atoms with Gasteiger partial charge in [-0.15, -0.1) is 6.58 Å². The smallest absolute Gasteiger partial charge is 0.407 e. The van der Waals surface area contributed by atoms with Crippen LogP contribution in [0.4, 0.5) is 4.79 Å². The van der Waals surface area contributed by atoms with Gasteiger partial charge in [-0.3, -0.25) is 0 Å². The fourth-order valence-electron chi connectivity index (χ4n) is 2.16. The molecule has 1 amide bonds. The molecule has 1 fully saturated rings. The first-order valence-electron chi connectivity index (χ1n) is 6.02. The van der Waals surface area contributed by atoms with Crippen molar-refractivity contribution in [1.82, 2.24) is 5.32 Å². The highest BCUT2D eigenvalue weighted by Gasteiger charge is 2.25. The van der Waals surface area contributed by atoms with Crippen LogP contribution in [-0.4, -0.2) is 18.2 Å². The Morgan fingerprint density at radius 2 is 2.19 bits per heavy atom. The van der Waals surface area contributed by atoms with E-state index in [1.807, 2.05) is 26.8 Å². The Bertz CT molecular complexity index is 255. The number of rotatable bonds is 3. The van der Waals surface area contributed by atoms with Gasteiger partial charge in [-0.1, -0.05) is 12.5 Å². The van der Waals surface area contributed by atoms with E-state index in [0.29, 0.717) is 18.4 Å². The lowest BCUT2D eigenvalue weighted by Crippen LogP contribution is -2.35. The fraction of sp³-hybridized carbons (Fsp3) is 0.769. The molecule has 0 saturated heterocycles. The topological polar surface area (TPSA) is 38.3 Å². The maximum absolute atomic E-state index is 11.5. The van der Waals surface area contributed by atoms with Crippen LogP contribution in [0.3, 0.4) is 0 Å². The quantitative estimate of drug-likeness (QED) is 0.749. The third-order valence-corrected chi connectivity index (χ3v) is 2.93. The third-order valence-electron chi connectivity index (χ3n) is 2.93. The van der Waals surface area contributed by atoms with Gasteiger partial charge in [0, 0.05) is 6.54 Å². The summed E-state index contributed by atoms with van der Waals surface area (Å²) in [6.07, 6.45) is 5.30. The predicted molar refractivity (Wildman–Crippen MR) is 65.3 cm³/mol. The molecular formula is C13H23NO2. The first-order valence-corrected chi connectivity index (χ1v) is 6.02. The van der Waals surface area contributed by atoms with Crippen molar-refractivity contribution in [3.63, 3.8) is 0 Å². The van der Waals surface area contributed by atoms with Crippen LogP contribution < -0.4 is 5.32 Å². The van der Waals surface area contributed by atoms with E-state index in [4.69, 9.17) is 4.74 Å². The Balaban J connectivity index is 2.29. The van der Waals surface area contributed by atoms with E-state index >= 15 is 0 Å². The number of hydrogen-bond acceptors (Lipinski definition) is 2. The molecule has 1 aliphatic rings. The van der Waals surface area contributed by atoms with Crippen LogP contribution in [0.2, 0.25) is 0 Å². The molecule has 0 radical (unpaired) electrons. The maximum atomic E-state index is 11.5. The summed E-state index contributed by atoms with van der Waals surface area (Å²) in [7, 11) is 0. The minimum Gasteiger partial charge on any atom is -0.444 e. The second-order valence-corrected chi connectivity index (χ2v) is 5.47. The first kappa shape index (κ1) is 13.1. The number of ether oxygens (including phenoxy) is 1. The standard InChI is InChI=1S/C13H23NO2/c1-5-10-7-6-8-11(10)9-14-12(15)16-13(2,3)4/h5,10-11H,1,6-9H2,2-4H3,(H,14,15)/t10-,11-/m1/s1. The summed E-state index contributed by atoms with van der Waals surface area (Å²) in [6.45, 7) is 10.1. The third kappa shape index (κ3) is 4.25. The van der Waals surface area contributed by atoms with E-state index < -0.39 is 5.60 Å². The molecule has 0 aromatic rings. The lowest BCUT2D eigenvalue weighted by atomic mass is 9.96. The number of carbonyl (C=O) groups is 1. The second-order valence-electron chi connectivity index (χ2n) is 5.47. The Hall–Kier alpha value is -0.990. The van der Waals surface area contributed by atoms with Gasteiger partial charge in [-0.25, -0.2) is 4.79 Å². The fourth-order valence-corrected chi connectivity index (χ4v) is 2.16. The highest BCUT2D eigenvalue weighted by molar-refractivity contribution is 5.67. The molecule has 0 bridgehead atoms. The number of allylic oxidation sites excluding steroid dienone is 1. The molecule has 3 nitrogen and oxygen atoms in total. The van der Waals surface area contributed by atoms with Crippen LogP contribution in [0.25, 0.3) is 0 Å². The molecule has 0 unspecified atom stereocenters. The van der Waals surface area contributed by atoms with Gasteiger partial charge in [0.1, 0.15) is 5.60 Å². The van der Waals surface area contributed by atoms with Crippen molar-refractivity contribution in [2.75, 3.05) is 6.54 Å². The number of amides is 1. The van der Waals surface area contributed by atoms with E-state index in [2.05, 4.69) is 11.9 Å². The van der Waals surface area contributed by atoms with Crippen molar-refractivity contribution in [3.8, 4) is 0 Å². The number of hydrogen-bond donors (Lipinski definition) is 1.